The number of furan rings is 1. The molecule has 152 valence electrons. The highest BCUT2D eigenvalue weighted by Crippen LogP contribution is 2.23. The van der Waals surface area contributed by atoms with Crippen LogP contribution in [0.1, 0.15) is 21.7 Å². The summed E-state index contributed by atoms with van der Waals surface area (Å²) in [6.07, 6.45) is 0. The van der Waals surface area contributed by atoms with Gasteiger partial charge in [0.2, 0.25) is 5.43 Å². The molecular weight excluding hydrogens is 380 g/mol. The minimum atomic E-state index is -0.208. The predicted octanol–water partition coefficient (Wildman–Crippen LogP) is 3.81. The van der Waals surface area contributed by atoms with Crippen LogP contribution in [0.4, 0.5) is 0 Å². The molecule has 1 aliphatic heterocycles. The molecule has 6 nitrogen and oxygen atoms in total. The van der Waals surface area contributed by atoms with Gasteiger partial charge in [-0.3, -0.25) is 14.5 Å². The number of hydrogen-bond donors (Lipinski definition) is 0. The Bertz CT molecular complexity index is 1300. The molecule has 2 aromatic carbocycles. The Morgan fingerprint density at radius 2 is 1.67 bits per heavy atom. The number of carbonyl (C=O) groups is 1. The highest BCUT2D eigenvalue weighted by molar-refractivity contribution is 5.97. The molecule has 30 heavy (non-hydrogen) atoms. The highest BCUT2D eigenvalue weighted by Gasteiger charge is 2.26. The number of para-hydroxylation sites is 1. The molecular formula is C24H22N2O4. The van der Waals surface area contributed by atoms with E-state index < -0.39 is 0 Å². The lowest BCUT2D eigenvalue weighted by molar-refractivity contribution is 0.0598. The molecule has 3 heterocycles. The summed E-state index contributed by atoms with van der Waals surface area (Å²) in [6, 6.07) is 16.9. The van der Waals surface area contributed by atoms with Gasteiger partial charge in [0.1, 0.15) is 11.0 Å². The SMILES string of the molecule is Cc1ccccc1CN1CCN(C(=O)c2cc3c(=O)c4ccccc4oc3o2)CC1. The molecule has 0 aliphatic carbocycles. The standard InChI is InChI=1S/C24H22N2O4/c1-16-6-2-3-7-17(16)15-25-10-12-26(13-11-25)23(28)21-14-19-22(27)18-8-4-5-9-20(18)29-24(19)30-21/h2-9,14H,10-13,15H2,1H3. The van der Waals surface area contributed by atoms with Crippen LogP contribution in [0.2, 0.25) is 0 Å². The molecule has 0 atom stereocenters. The van der Waals surface area contributed by atoms with Crippen LogP contribution >= 0.6 is 0 Å². The van der Waals surface area contributed by atoms with E-state index in [1.807, 2.05) is 6.07 Å². The number of carbonyl (C=O) groups excluding carboxylic acids is 1. The van der Waals surface area contributed by atoms with Gasteiger partial charge >= 0.3 is 5.78 Å². The summed E-state index contributed by atoms with van der Waals surface area (Å²) in [5, 5.41) is 0.782. The molecule has 0 saturated carbocycles. The predicted molar refractivity (Wildman–Crippen MR) is 115 cm³/mol. The van der Waals surface area contributed by atoms with E-state index >= 15 is 0 Å². The van der Waals surface area contributed by atoms with E-state index in [1.165, 1.54) is 17.2 Å². The molecule has 2 aromatic heterocycles. The maximum atomic E-state index is 13.0. The third-order valence-electron chi connectivity index (χ3n) is 5.80. The zero-order chi connectivity index (χ0) is 20.7. The average molecular weight is 402 g/mol. The van der Waals surface area contributed by atoms with Crippen LogP contribution in [0.25, 0.3) is 22.1 Å². The average Bonchev–Trinajstić information content (AvgIpc) is 3.20. The maximum Gasteiger partial charge on any atom is 0.302 e. The van der Waals surface area contributed by atoms with E-state index in [1.54, 1.807) is 29.2 Å². The van der Waals surface area contributed by atoms with Crippen LogP contribution in [-0.4, -0.2) is 41.9 Å². The molecule has 1 amide bonds. The molecule has 1 aliphatic rings. The molecule has 0 bridgehead atoms. The Morgan fingerprint density at radius 3 is 2.47 bits per heavy atom. The van der Waals surface area contributed by atoms with Crippen LogP contribution in [0.5, 0.6) is 0 Å². The van der Waals surface area contributed by atoms with Gasteiger partial charge < -0.3 is 13.7 Å². The number of amides is 1. The van der Waals surface area contributed by atoms with E-state index in [2.05, 4.69) is 30.0 Å². The molecule has 0 N–H and O–H groups in total. The van der Waals surface area contributed by atoms with Gasteiger partial charge in [-0.05, 0) is 30.2 Å². The lowest BCUT2D eigenvalue weighted by atomic mass is 10.1. The first-order valence-electron chi connectivity index (χ1n) is 10.1. The summed E-state index contributed by atoms with van der Waals surface area (Å²) in [5.74, 6) is 0.0362. The molecule has 0 unspecified atom stereocenters. The van der Waals surface area contributed by atoms with Crippen molar-refractivity contribution in [2.45, 2.75) is 13.5 Å². The first kappa shape index (κ1) is 18.6. The highest BCUT2D eigenvalue weighted by atomic mass is 16.5. The zero-order valence-electron chi connectivity index (χ0n) is 16.8. The fraction of sp³-hybridized carbons (Fsp3) is 0.250. The Balaban J connectivity index is 1.32. The Labute approximate surface area is 173 Å². The van der Waals surface area contributed by atoms with Crippen molar-refractivity contribution < 1.29 is 13.6 Å². The number of fused-ring (bicyclic) bond motifs is 2. The second-order valence-corrected chi connectivity index (χ2v) is 7.73. The first-order valence-corrected chi connectivity index (χ1v) is 10.1. The van der Waals surface area contributed by atoms with Crippen molar-refractivity contribution in [3.8, 4) is 0 Å². The molecule has 4 aromatic rings. The topological polar surface area (TPSA) is 66.9 Å². The van der Waals surface area contributed by atoms with Crippen molar-refractivity contribution in [3.63, 3.8) is 0 Å². The monoisotopic (exact) mass is 402 g/mol. The molecule has 1 fully saturated rings. The van der Waals surface area contributed by atoms with Gasteiger partial charge in [0.15, 0.2) is 5.76 Å². The van der Waals surface area contributed by atoms with Gasteiger partial charge in [0.25, 0.3) is 5.91 Å². The largest absolute Gasteiger partial charge is 0.425 e. The Hall–Kier alpha value is -3.38. The van der Waals surface area contributed by atoms with Crippen LogP contribution in [0.15, 0.2) is 68.2 Å². The lowest BCUT2D eigenvalue weighted by Gasteiger charge is -2.34. The summed E-state index contributed by atoms with van der Waals surface area (Å²) < 4.78 is 11.3. The lowest BCUT2D eigenvalue weighted by Crippen LogP contribution is -2.48. The third-order valence-corrected chi connectivity index (χ3v) is 5.80. The summed E-state index contributed by atoms with van der Waals surface area (Å²) >= 11 is 0. The smallest absolute Gasteiger partial charge is 0.302 e. The number of aryl methyl sites for hydroxylation is 1. The van der Waals surface area contributed by atoms with E-state index in [0.29, 0.717) is 29.4 Å². The minimum absolute atomic E-state index is 0.0974. The maximum absolute atomic E-state index is 13.0. The molecule has 1 saturated heterocycles. The van der Waals surface area contributed by atoms with Gasteiger partial charge in [-0.15, -0.1) is 0 Å². The van der Waals surface area contributed by atoms with E-state index in [0.717, 1.165) is 19.6 Å². The number of piperazine rings is 1. The second kappa shape index (κ2) is 7.46. The number of hydrogen-bond acceptors (Lipinski definition) is 5. The van der Waals surface area contributed by atoms with E-state index in [-0.39, 0.29) is 22.9 Å². The van der Waals surface area contributed by atoms with Crippen LogP contribution in [-0.2, 0) is 6.54 Å². The normalized spacial score (nSPS) is 15.2. The molecule has 6 heteroatoms. The molecule has 5 rings (SSSR count). The minimum Gasteiger partial charge on any atom is -0.425 e. The van der Waals surface area contributed by atoms with Gasteiger partial charge in [-0.1, -0.05) is 36.4 Å². The van der Waals surface area contributed by atoms with Crippen molar-refractivity contribution in [2.24, 2.45) is 0 Å². The van der Waals surface area contributed by atoms with Crippen molar-refractivity contribution in [1.29, 1.82) is 0 Å². The van der Waals surface area contributed by atoms with E-state index in [4.69, 9.17) is 8.83 Å². The van der Waals surface area contributed by atoms with Gasteiger partial charge in [0, 0.05) is 38.8 Å². The van der Waals surface area contributed by atoms with Crippen molar-refractivity contribution in [1.82, 2.24) is 9.80 Å². The van der Waals surface area contributed by atoms with Crippen molar-refractivity contribution >= 4 is 28.0 Å². The first-order chi connectivity index (χ1) is 14.6. The number of benzene rings is 2. The fourth-order valence-corrected chi connectivity index (χ4v) is 4.00. The van der Waals surface area contributed by atoms with Crippen LogP contribution < -0.4 is 5.43 Å². The summed E-state index contributed by atoms with van der Waals surface area (Å²) in [5.41, 5.74) is 2.86. The van der Waals surface area contributed by atoms with Gasteiger partial charge in [-0.25, -0.2) is 0 Å². The summed E-state index contributed by atoms with van der Waals surface area (Å²) in [6.45, 7) is 5.82. The van der Waals surface area contributed by atoms with Crippen molar-refractivity contribution in [3.05, 3.63) is 81.7 Å². The van der Waals surface area contributed by atoms with Gasteiger partial charge in [-0.2, -0.15) is 0 Å². The zero-order valence-corrected chi connectivity index (χ0v) is 16.8. The number of rotatable bonds is 3. The quantitative estimate of drug-likeness (QED) is 0.521. The molecule has 0 radical (unpaired) electrons. The second-order valence-electron chi connectivity index (χ2n) is 7.73. The van der Waals surface area contributed by atoms with Gasteiger partial charge in [0.05, 0.1) is 5.39 Å². The summed E-state index contributed by atoms with van der Waals surface area (Å²) in [4.78, 5) is 29.8. The summed E-state index contributed by atoms with van der Waals surface area (Å²) in [7, 11) is 0. The number of nitrogens with zero attached hydrogens (tertiary/aromatic N) is 2. The van der Waals surface area contributed by atoms with Crippen molar-refractivity contribution in [2.75, 3.05) is 26.2 Å². The molecule has 0 spiro atoms. The third kappa shape index (κ3) is 3.29. The van der Waals surface area contributed by atoms with Crippen LogP contribution in [0, 0.1) is 6.92 Å². The van der Waals surface area contributed by atoms with E-state index in [9.17, 15) is 9.59 Å². The Kier molecular flexibility index (Phi) is 4.64. The Morgan fingerprint density at radius 1 is 0.933 bits per heavy atom. The fourth-order valence-electron chi connectivity index (χ4n) is 4.00. The van der Waals surface area contributed by atoms with Crippen LogP contribution in [0.3, 0.4) is 0 Å².